The Labute approximate surface area is 147 Å². The molecule has 0 aliphatic rings. The fraction of sp³-hybridized carbons (Fsp3) is 0.353. The minimum atomic E-state index is -4.48. The maximum atomic E-state index is 12.8. The zero-order chi connectivity index (χ0) is 19.3. The highest BCUT2D eigenvalue weighted by atomic mass is 19.4. The lowest BCUT2D eigenvalue weighted by Crippen LogP contribution is -2.24. The minimum absolute atomic E-state index is 0.0371. The number of hydrogen-bond donors (Lipinski definition) is 0. The molecule has 9 heteroatoms. The van der Waals surface area contributed by atoms with E-state index < -0.39 is 29.9 Å². The number of carbonyl (C=O) groups is 1. The van der Waals surface area contributed by atoms with Crippen LogP contribution < -0.4 is 0 Å². The average molecular weight is 370 g/mol. The molecule has 2 aromatic rings. The van der Waals surface area contributed by atoms with Crippen LogP contribution >= 0.6 is 0 Å². The Kier molecular flexibility index (Phi) is 6.14. The van der Waals surface area contributed by atoms with Gasteiger partial charge in [-0.05, 0) is 26.0 Å². The van der Waals surface area contributed by atoms with Gasteiger partial charge in [0.2, 0.25) is 5.82 Å². The molecule has 2 atom stereocenters. The van der Waals surface area contributed by atoms with Gasteiger partial charge in [0.1, 0.15) is 0 Å². The van der Waals surface area contributed by atoms with Crippen molar-refractivity contribution in [3.63, 3.8) is 0 Å². The molecule has 140 valence electrons. The molecule has 6 nitrogen and oxygen atoms in total. The van der Waals surface area contributed by atoms with E-state index in [1.807, 2.05) is 0 Å². The van der Waals surface area contributed by atoms with Crippen molar-refractivity contribution < 1.29 is 32.0 Å². The zero-order valence-electron chi connectivity index (χ0n) is 14.1. The number of carbonyl (C=O) groups excluding carboxylic acids is 1. The van der Waals surface area contributed by atoms with E-state index in [4.69, 9.17) is 14.0 Å². The molecule has 0 N–H and O–H groups in total. The first kappa shape index (κ1) is 19.6. The second-order valence-electron chi connectivity index (χ2n) is 5.38. The molecule has 0 saturated heterocycles. The number of alkyl halides is 3. The van der Waals surface area contributed by atoms with Crippen molar-refractivity contribution in [3.05, 3.63) is 48.4 Å². The minimum Gasteiger partial charge on any atom is -0.451 e. The van der Waals surface area contributed by atoms with Gasteiger partial charge in [0, 0.05) is 5.56 Å². The van der Waals surface area contributed by atoms with Crippen molar-refractivity contribution >= 4 is 5.97 Å². The van der Waals surface area contributed by atoms with Crippen molar-refractivity contribution in [2.24, 2.45) is 0 Å². The second kappa shape index (κ2) is 8.13. The summed E-state index contributed by atoms with van der Waals surface area (Å²) in [4.78, 5) is 15.9. The van der Waals surface area contributed by atoms with Gasteiger partial charge in [-0.3, -0.25) is 0 Å². The first-order valence-electron chi connectivity index (χ1n) is 7.66. The summed E-state index contributed by atoms with van der Waals surface area (Å²) >= 11 is 0. The Hall–Kier alpha value is -2.68. The molecule has 1 aromatic carbocycles. The van der Waals surface area contributed by atoms with Gasteiger partial charge < -0.3 is 14.0 Å². The van der Waals surface area contributed by atoms with E-state index in [-0.39, 0.29) is 23.9 Å². The molecule has 0 amide bonds. The molecular formula is C17H17F3N2O4. The van der Waals surface area contributed by atoms with E-state index in [9.17, 15) is 18.0 Å². The van der Waals surface area contributed by atoms with Crippen molar-refractivity contribution in [2.45, 2.75) is 32.2 Å². The summed E-state index contributed by atoms with van der Waals surface area (Å²) in [6.45, 7) is 6.67. The molecule has 2 unspecified atom stereocenters. The first-order valence-corrected chi connectivity index (χ1v) is 7.66. The largest absolute Gasteiger partial charge is 0.451 e. The van der Waals surface area contributed by atoms with Crippen LogP contribution in [0.25, 0.3) is 11.4 Å². The number of esters is 1. The number of halogens is 3. The number of benzene rings is 1. The molecule has 0 fully saturated rings. The van der Waals surface area contributed by atoms with E-state index in [1.165, 1.54) is 32.1 Å². The maximum Gasteiger partial charge on any atom is 0.416 e. The molecular weight excluding hydrogens is 353 g/mol. The van der Waals surface area contributed by atoms with Crippen LogP contribution in [0, 0.1) is 0 Å². The summed E-state index contributed by atoms with van der Waals surface area (Å²) in [5, 5.41) is 3.64. The normalized spacial score (nSPS) is 13.9. The molecule has 0 aliphatic carbocycles. The van der Waals surface area contributed by atoms with Crippen LogP contribution in [0.2, 0.25) is 0 Å². The van der Waals surface area contributed by atoms with Crippen molar-refractivity contribution in [1.29, 1.82) is 0 Å². The first-order chi connectivity index (χ1) is 12.2. The van der Waals surface area contributed by atoms with E-state index in [0.29, 0.717) is 0 Å². The summed E-state index contributed by atoms with van der Waals surface area (Å²) in [5.41, 5.74) is -0.690. The molecule has 0 saturated carbocycles. The zero-order valence-corrected chi connectivity index (χ0v) is 14.1. The number of rotatable bonds is 7. The van der Waals surface area contributed by atoms with Crippen LogP contribution in [-0.2, 0) is 20.4 Å². The van der Waals surface area contributed by atoms with Crippen LogP contribution in [-0.4, -0.2) is 28.8 Å². The number of ether oxygens (including phenoxy) is 2. The molecule has 1 heterocycles. The molecule has 1 aromatic heterocycles. The molecule has 0 aliphatic heterocycles. The molecule has 0 radical (unpaired) electrons. The number of aromatic nitrogens is 2. The Morgan fingerprint density at radius 2 is 2.12 bits per heavy atom. The lowest BCUT2D eigenvalue weighted by atomic mass is 10.1. The molecule has 26 heavy (non-hydrogen) atoms. The highest BCUT2D eigenvalue weighted by molar-refractivity contribution is 5.74. The Bertz CT molecular complexity index is 773. The van der Waals surface area contributed by atoms with Crippen LogP contribution in [0.3, 0.4) is 0 Å². The lowest BCUT2D eigenvalue weighted by molar-refractivity contribution is -0.161. The standard InChI is InChI=1S/C17H17F3N2O4/c1-4-8-24-11(3)16(23)25-10(2)15-21-14(22-26-15)12-6-5-7-13(9-12)17(18,19)20/h4-7,9-11H,1,8H2,2-3H3. The van der Waals surface area contributed by atoms with E-state index >= 15 is 0 Å². The van der Waals surface area contributed by atoms with Gasteiger partial charge >= 0.3 is 12.1 Å². The predicted molar refractivity (Wildman–Crippen MR) is 84.9 cm³/mol. The predicted octanol–water partition coefficient (Wildman–Crippen LogP) is 3.95. The Morgan fingerprint density at radius 3 is 2.77 bits per heavy atom. The Morgan fingerprint density at radius 1 is 1.38 bits per heavy atom. The Balaban J connectivity index is 2.09. The fourth-order valence-corrected chi connectivity index (χ4v) is 1.95. The van der Waals surface area contributed by atoms with E-state index in [1.54, 1.807) is 0 Å². The summed E-state index contributed by atoms with van der Waals surface area (Å²) in [7, 11) is 0. The van der Waals surface area contributed by atoms with E-state index in [2.05, 4.69) is 16.7 Å². The fourth-order valence-electron chi connectivity index (χ4n) is 1.95. The maximum absolute atomic E-state index is 12.8. The van der Waals surface area contributed by atoms with Gasteiger partial charge in [0.05, 0.1) is 12.2 Å². The number of hydrogen-bond acceptors (Lipinski definition) is 6. The smallest absolute Gasteiger partial charge is 0.416 e. The molecule has 2 rings (SSSR count). The van der Waals surface area contributed by atoms with Crippen LogP contribution in [0.1, 0.15) is 31.4 Å². The van der Waals surface area contributed by atoms with Crippen LogP contribution in [0.15, 0.2) is 41.4 Å². The van der Waals surface area contributed by atoms with Gasteiger partial charge in [-0.1, -0.05) is 23.4 Å². The van der Waals surface area contributed by atoms with Crippen molar-refractivity contribution in [1.82, 2.24) is 10.1 Å². The quantitative estimate of drug-likeness (QED) is 0.543. The summed E-state index contributed by atoms with van der Waals surface area (Å²) in [5.74, 6) is -0.718. The van der Waals surface area contributed by atoms with Crippen molar-refractivity contribution in [2.75, 3.05) is 6.61 Å². The highest BCUT2D eigenvalue weighted by Crippen LogP contribution is 2.31. The average Bonchev–Trinajstić information content (AvgIpc) is 3.09. The van der Waals surface area contributed by atoms with Crippen molar-refractivity contribution in [3.8, 4) is 11.4 Å². The molecule has 0 spiro atoms. The third-order valence-corrected chi connectivity index (χ3v) is 3.33. The SMILES string of the molecule is C=CCOC(C)C(=O)OC(C)c1nc(-c2cccc(C(F)(F)F)c2)no1. The second-order valence-corrected chi connectivity index (χ2v) is 5.38. The third-order valence-electron chi connectivity index (χ3n) is 3.33. The highest BCUT2D eigenvalue weighted by Gasteiger charge is 2.31. The third kappa shape index (κ3) is 4.92. The van der Waals surface area contributed by atoms with Crippen LogP contribution in [0.4, 0.5) is 13.2 Å². The van der Waals surface area contributed by atoms with Gasteiger partial charge in [-0.25, -0.2) is 4.79 Å². The summed E-state index contributed by atoms with van der Waals surface area (Å²) in [6, 6.07) is 4.53. The number of nitrogens with zero attached hydrogens (tertiary/aromatic N) is 2. The van der Waals surface area contributed by atoms with Gasteiger partial charge in [-0.2, -0.15) is 18.2 Å². The molecule has 0 bridgehead atoms. The topological polar surface area (TPSA) is 74.5 Å². The van der Waals surface area contributed by atoms with Gasteiger partial charge in [-0.15, -0.1) is 6.58 Å². The van der Waals surface area contributed by atoms with E-state index in [0.717, 1.165) is 12.1 Å². The van der Waals surface area contributed by atoms with Gasteiger partial charge in [0.15, 0.2) is 12.2 Å². The lowest BCUT2D eigenvalue weighted by Gasteiger charge is -2.14. The summed E-state index contributed by atoms with van der Waals surface area (Å²) in [6.07, 6.45) is -4.69. The van der Waals surface area contributed by atoms with Crippen LogP contribution in [0.5, 0.6) is 0 Å². The summed E-state index contributed by atoms with van der Waals surface area (Å²) < 4.78 is 53.6. The van der Waals surface area contributed by atoms with Gasteiger partial charge in [0.25, 0.3) is 5.89 Å². The monoisotopic (exact) mass is 370 g/mol.